The molecule has 2 aliphatic rings. The largest absolute Gasteiger partial charge is 0.311 e. The lowest BCUT2D eigenvalue weighted by molar-refractivity contribution is 0.569. The summed E-state index contributed by atoms with van der Waals surface area (Å²) in [5, 5.41) is 2.50. The highest BCUT2D eigenvalue weighted by Crippen LogP contribution is 2.53. The fourth-order valence-electron chi connectivity index (χ4n) is 12.3. The Labute approximate surface area is 486 Å². The van der Waals surface area contributed by atoms with Crippen LogP contribution in [0.1, 0.15) is 112 Å². The second-order valence-electron chi connectivity index (χ2n) is 26.3. The summed E-state index contributed by atoms with van der Waals surface area (Å²) in [6.07, 6.45) is 0. The van der Waals surface area contributed by atoms with Crippen LogP contribution < -0.4 is 26.2 Å². The molecule has 13 rings (SSSR count). The number of nitrogens with zero attached hydrogens (tertiary/aromatic N) is 2. The van der Waals surface area contributed by atoms with Gasteiger partial charge in [0.1, 0.15) is 0 Å². The Balaban J connectivity index is 1.18. The normalized spacial score (nSPS) is 14.3. The van der Waals surface area contributed by atoms with Crippen LogP contribution in [-0.2, 0) is 21.7 Å². The zero-order valence-corrected chi connectivity index (χ0v) is 49.0. The van der Waals surface area contributed by atoms with E-state index in [1.807, 2.05) is 17.4 Å². The molecule has 394 valence electrons. The molecule has 2 nitrogen and oxygen atoms in total. The molecule has 11 aromatic rings. The smallest absolute Gasteiger partial charge is 0.252 e. The van der Waals surface area contributed by atoms with E-state index < -0.39 is 6.04 Å². The zero-order valence-electron chi connectivity index (χ0n) is 53.2. The van der Waals surface area contributed by atoms with Gasteiger partial charge in [0, 0.05) is 43.8 Å². The average molecular weight is 1060 g/mol. The van der Waals surface area contributed by atoms with Gasteiger partial charge < -0.3 is 9.80 Å². The number of thiophene rings is 1. The maximum Gasteiger partial charge on any atom is 0.252 e. The summed E-state index contributed by atoms with van der Waals surface area (Å²) in [6, 6.07) is 65.5. The lowest BCUT2D eigenvalue weighted by Gasteiger charge is -2.45. The highest BCUT2D eigenvalue weighted by molar-refractivity contribution is 7.26. The summed E-state index contributed by atoms with van der Waals surface area (Å²) < 4.78 is 47.5. The third kappa shape index (κ3) is 8.79. The summed E-state index contributed by atoms with van der Waals surface area (Å²) >= 11 is 1.90. The molecule has 1 aromatic heterocycles. The van der Waals surface area contributed by atoms with Gasteiger partial charge in [-0.15, -0.1) is 11.3 Å². The van der Waals surface area contributed by atoms with Gasteiger partial charge in [0.2, 0.25) is 0 Å². The van der Waals surface area contributed by atoms with E-state index in [-0.39, 0.29) is 58.1 Å². The summed E-state index contributed by atoms with van der Waals surface area (Å²) in [7, 11) is 0. The van der Waals surface area contributed by atoms with E-state index in [0.29, 0.717) is 5.56 Å². The number of hydrogen-bond acceptors (Lipinski definition) is 3. The second kappa shape index (κ2) is 18.9. The molecular formula is C76H71BN2S. The van der Waals surface area contributed by atoms with Gasteiger partial charge in [-0.25, -0.2) is 0 Å². The van der Waals surface area contributed by atoms with Crippen molar-refractivity contribution in [2.24, 2.45) is 0 Å². The standard InChI is InChI=1S/C76H71BN2S/c1-73(2,3)55-40-54(41-56(45-55)74(4,5)6)53-35-38-63-67(44-53)79(65-33-23-31-59-58-30-22-32-61(76(10,11)12)71(58)80-72(59)65)69-47-57(75(7,8)9)46-68-70(69)77(63)62-37-34-52(49-26-18-14-19-27-49)43-66(62)78(68)64-39-36-51(48-24-16-13-17-25-48)42-60(64)50-28-20-15-21-29-50/h13-47H,1-12H3/i14D,18D,19D,26D,27D. The van der Waals surface area contributed by atoms with Gasteiger partial charge in [-0.3, -0.25) is 0 Å². The van der Waals surface area contributed by atoms with Crippen LogP contribution in [0.15, 0.2) is 212 Å². The first-order valence-electron chi connectivity index (χ1n) is 30.8. The molecule has 10 aromatic carbocycles. The fraction of sp³-hybridized carbons (Fsp3) is 0.211. The number of hydrogen-bond donors (Lipinski definition) is 0. The topological polar surface area (TPSA) is 6.48 Å². The summed E-state index contributed by atoms with van der Waals surface area (Å²) in [6.45, 7) is 27.4. The highest BCUT2D eigenvalue weighted by Gasteiger charge is 2.45. The molecular weight excluding hydrogens is 984 g/mol. The molecule has 0 saturated carbocycles. The molecule has 0 fully saturated rings. The maximum absolute atomic E-state index is 9.34. The maximum atomic E-state index is 9.34. The minimum atomic E-state index is -0.413. The van der Waals surface area contributed by atoms with Crippen LogP contribution in [0.3, 0.4) is 0 Å². The van der Waals surface area contributed by atoms with Crippen LogP contribution in [0, 0.1) is 0 Å². The molecule has 0 N–H and O–H groups in total. The van der Waals surface area contributed by atoms with Gasteiger partial charge in [0.15, 0.2) is 0 Å². The van der Waals surface area contributed by atoms with Crippen molar-refractivity contribution in [3.8, 4) is 44.5 Å². The molecule has 0 aliphatic carbocycles. The lowest BCUT2D eigenvalue weighted by atomic mass is 9.33. The van der Waals surface area contributed by atoms with E-state index in [1.54, 1.807) is 0 Å². The van der Waals surface area contributed by atoms with Crippen molar-refractivity contribution in [1.29, 1.82) is 0 Å². The molecule has 0 spiro atoms. The Kier molecular flexibility index (Phi) is 10.8. The molecule has 3 heterocycles. The number of fused-ring (bicyclic) bond motifs is 7. The van der Waals surface area contributed by atoms with E-state index >= 15 is 0 Å². The van der Waals surface area contributed by atoms with Crippen molar-refractivity contribution in [2.45, 2.75) is 105 Å². The number of anilines is 6. The van der Waals surface area contributed by atoms with Crippen molar-refractivity contribution < 1.29 is 6.85 Å². The minimum absolute atomic E-state index is 0.0782. The Morgan fingerprint density at radius 1 is 0.350 bits per heavy atom. The van der Waals surface area contributed by atoms with E-state index in [1.165, 1.54) is 47.9 Å². The van der Waals surface area contributed by atoms with Gasteiger partial charge in [0.05, 0.1) is 22.9 Å². The first-order chi connectivity index (χ1) is 40.3. The molecule has 0 unspecified atom stereocenters. The molecule has 0 bridgehead atoms. The Hall–Kier alpha value is -7.92. The van der Waals surface area contributed by atoms with E-state index in [9.17, 15) is 2.74 Å². The van der Waals surface area contributed by atoms with Crippen molar-refractivity contribution in [3.63, 3.8) is 0 Å². The van der Waals surface area contributed by atoms with Gasteiger partial charge in [-0.05, 0) is 142 Å². The highest BCUT2D eigenvalue weighted by atomic mass is 32.1. The second-order valence-corrected chi connectivity index (χ2v) is 27.3. The fourth-order valence-corrected chi connectivity index (χ4v) is 13.8. The predicted octanol–water partition coefficient (Wildman–Crippen LogP) is 20.0. The molecule has 0 radical (unpaired) electrons. The van der Waals surface area contributed by atoms with Crippen LogP contribution in [0.4, 0.5) is 34.1 Å². The SMILES string of the molecule is [2H]c1c([2H])c([2H])c(-c2ccc3c(c2)N(c2ccc(-c4ccccc4)cc2-c2ccccc2)c2cc(C(C)(C)C)cc4c2B3c2ccc(-c3cc(C(C)(C)C)cc(C(C)(C)C)c3)cc2N4c2cccc3c2sc2c(C(C)(C)C)cccc23)c([2H])c1[2H]. The van der Waals surface area contributed by atoms with Gasteiger partial charge in [-0.1, -0.05) is 253 Å². The van der Waals surface area contributed by atoms with Crippen molar-refractivity contribution in [3.05, 3.63) is 234 Å². The van der Waals surface area contributed by atoms with Crippen molar-refractivity contribution >= 4 is 88.7 Å². The summed E-state index contributed by atoms with van der Waals surface area (Å²) in [4.78, 5) is 5.02. The third-order valence-corrected chi connectivity index (χ3v) is 18.0. The van der Waals surface area contributed by atoms with Crippen molar-refractivity contribution in [2.75, 3.05) is 9.80 Å². The third-order valence-electron chi connectivity index (χ3n) is 16.7. The first kappa shape index (κ1) is 45.9. The van der Waals surface area contributed by atoms with Gasteiger partial charge in [-0.2, -0.15) is 0 Å². The van der Waals surface area contributed by atoms with Crippen LogP contribution in [0.25, 0.3) is 64.7 Å². The van der Waals surface area contributed by atoms with Gasteiger partial charge >= 0.3 is 0 Å². The van der Waals surface area contributed by atoms with E-state index in [0.717, 1.165) is 78.4 Å². The predicted molar refractivity (Wildman–Crippen MR) is 350 cm³/mol. The van der Waals surface area contributed by atoms with Crippen LogP contribution >= 0.6 is 11.3 Å². The molecule has 80 heavy (non-hydrogen) atoms. The first-order valence-corrected chi connectivity index (χ1v) is 29.1. The molecule has 0 saturated heterocycles. The summed E-state index contributed by atoms with van der Waals surface area (Å²) in [5.41, 5.74) is 21.3. The number of rotatable bonds is 6. The van der Waals surface area contributed by atoms with E-state index in [2.05, 4.69) is 269 Å². The molecule has 4 heteroatoms. The van der Waals surface area contributed by atoms with Crippen LogP contribution in [0.5, 0.6) is 0 Å². The quantitative estimate of drug-likeness (QED) is 0.153. The monoisotopic (exact) mass is 1060 g/mol. The summed E-state index contributed by atoms with van der Waals surface area (Å²) in [5.74, 6) is 0. The number of benzene rings is 10. The Bertz CT molecular complexity index is 4480. The van der Waals surface area contributed by atoms with Gasteiger partial charge in [0.25, 0.3) is 6.71 Å². The lowest BCUT2D eigenvalue weighted by Crippen LogP contribution is -2.61. The Morgan fingerprint density at radius 3 is 1.43 bits per heavy atom. The molecule has 2 aliphatic heterocycles. The van der Waals surface area contributed by atoms with Crippen LogP contribution in [-0.4, -0.2) is 6.71 Å². The Morgan fingerprint density at radius 2 is 0.850 bits per heavy atom. The molecule has 0 atom stereocenters. The average Bonchev–Trinajstić information content (AvgIpc) is 1.06. The van der Waals surface area contributed by atoms with Crippen molar-refractivity contribution in [1.82, 2.24) is 0 Å². The molecule has 0 amide bonds. The zero-order chi connectivity index (χ0) is 60.0. The minimum Gasteiger partial charge on any atom is -0.311 e. The van der Waals surface area contributed by atoms with E-state index in [4.69, 9.17) is 4.11 Å². The van der Waals surface area contributed by atoms with Crippen LogP contribution in [0.2, 0.25) is 0 Å².